The average molecular weight is 454 g/mol. The maximum atomic E-state index is 12.8. The summed E-state index contributed by atoms with van der Waals surface area (Å²) in [7, 11) is 0. The number of anilines is 1. The number of benzene rings is 1. The number of hydrogen-bond acceptors (Lipinski definition) is 5. The van der Waals surface area contributed by atoms with Crippen LogP contribution in [0.15, 0.2) is 42.6 Å². The van der Waals surface area contributed by atoms with Crippen LogP contribution >= 0.6 is 0 Å². The van der Waals surface area contributed by atoms with E-state index in [4.69, 9.17) is 4.74 Å². The van der Waals surface area contributed by atoms with E-state index in [-0.39, 0.29) is 17.9 Å². The molecule has 1 aliphatic heterocycles. The van der Waals surface area contributed by atoms with E-state index in [9.17, 15) is 9.59 Å². The Kier molecular flexibility index (Phi) is 9.06. The van der Waals surface area contributed by atoms with Gasteiger partial charge in [-0.05, 0) is 36.5 Å². The first kappa shape index (κ1) is 24.5. The van der Waals surface area contributed by atoms with Gasteiger partial charge in [-0.3, -0.25) is 4.79 Å². The van der Waals surface area contributed by atoms with Gasteiger partial charge in [-0.2, -0.15) is 0 Å². The first-order chi connectivity index (χ1) is 15.9. The highest BCUT2D eigenvalue weighted by Crippen LogP contribution is 2.13. The zero-order valence-electron chi connectivity index (χ0n) is 19.8. The molecule has 0 radical (unpaired) electrons. The normalized spacial score (nSPS) is 14.6. The Labute approximate surface area is 196 Å². The molecule has 1 fully saturated rings. The number of nitrogens with one attached hydrogen (secondary N) is 3. The van der Waals surface area contributed by atoms with Crippen LogP contribution in [0.1, 0.15) is 37.0 Å². The lowest BCUT2D eigenvalue weighted by atomic mass is 10.0. The van der Waals surface area contributed by atoms with Crippen molar-refractivity contribution in [1.82, 2.24) is 20.9 Å². The van der Waals surface area contributed by atoms with Crippen LogP contribution in [0, 0.1) is 12.8 Å². The predicted molar refractivity (Wildman–Crippen MR) is 129 cm³/mol. The number of nitrogens with zero attached hydrogens (tertiary/aromatic N) is 2. The van der Waals surface area contributed by atoms with Crippen molar-refractivity contribution in [3.63, 3.8) is 0 Å². The van der Waals surface area contributed by atoms with Gasteiger partial charge in [0.15, 0.2) is 0 Å². The molecule has 0 saturated carbocycles. The number of aromatic nitrogens is 1. The summed E-state index contributed by atoms with van der Waals surface area (Å²) < 4.78 is 5.38. The molecule has 1 aromatic carbocycles. The van der Waals surface area contributed by atoms with Gasteiger partial charge in [0.25, 0.3) is 0 Å². The zero-order valence-corrected chi connectivity index (χ0v) is 19.8. The van der Waals surface area contributed by atoms with Gasteiger partial charge >= 0.3 is 6.03 Å². The summed E-state index contributed by atoms with van der Waals surface area (Å²) >= 11 is 0. The number of aryl methyl sites for hydroxylation is 1. The van der Waals surface area contributed by atoms with Gasteiger partial charge in [0.05, 0.1) is 13.2 Å². The third kappa shape index (κ3) is 8.05. The Balaban J connectivity index is 1.49. The highest BCUT2D eigenvalue weighted by atomic mass is 16.5. The Morgan fingerprint density at radius 2 is 1.67 bits per heavy atom. The molecule has 1 saturated heterocycles. The highest BCUT2D eigenvalue weighted by Gasteiger charge is 2.22. The van der Waals surface area contributed by atoms with Crippen LogP contribution in [0.4, 0.5) is 10.6 Å². The third-order valence-electron chi connectivity index (χ3n) is 5.51. The van der Waals surface area contributed by atoms with Crippen LogP contribution in [0.5, 0.6) is 0 Å². The monoisotopic (exact) mass is 453 g/mol. The Hall–Kier alpha value is -3.13. The minimum absolute atomic E-state index is 0.202. The largest absolute Gasteiger partial charge is 0.378 e. The highest BCUT2D eigenvalue weighted by molar-refractivity contribution is 5.87. The SMILES string of the molecule is Cc1ccc(CNC(=O)NC(CC(C)C)C(=O)NCc2ccc(N3CCOCC3)nc2)cc1. The van der Waals surface area contributed by atoms with E-state index < -0.39 is 6.04 Å². The molecule has 3 amide bonds. The van der Waals surface area contributed by atoms with Gasteiger partial charge in [-0.25, -0.2) is 9.78 Å². The molecule has 3 N–H and O–H groups in total. The molecule has 0 bridgehead atoms. The van der Waals surface area contributed by atoms with Crippen LogP contribution in [-0.4, -0.2) is 49.3 Å². The average Bonchev–Trinajstić information content (AvgIpc) is 2.82. The molecule has 8 heteroatoms. The topological polar surface area (TPSA) is 95.6 Å². The van der Waals surface area contributed by atoms with Crippen LogP contribution in [0.25, 0.3) is 0 Å². The summed E-state index contributed by atoms with van der Waals surface area (Å²) in [5.41, 5.74) is 3.09. The van der Waals surface area contributed by atoms with E-state index in [0.717, 1.165) is 30.0 Å². The molecule has 2 heterocycles. The lowest BCUT2D eigenvalue weighted by Gasteiger charge is -2.27. The summed E-state index contributed by atoms with van der Waals surface area (Å²) in [5, 5.41) is 8.59. The van der Waals surface area contributed by atoms with E-state index >= 15 is 0 Å². The number of rotatable bonds is 9. The number of ether oxygens (including phenoxy) is 1. The van der Waals surface area contributed by atoms with E-state index in [1.54, 1.807) is 6.20 Å². The summed E-state index contributed by atoms with van der Waals surface area (Å²) in [6.45, 7) is 9.92. The zero-order chi connectivity index (χ0) is 23.6. The Morgan fingerprint density at radius 1 is 1.00 bits per heavy atom. The van der Waals surface area contributed by atoms with E-state index in [1.165, 1.54) is 5.56 Å². The van der Waals surface area contributed by atoms with Crippen LogP contribution in [0.3, 0.4) is 0 Å². The van der Waals surface area contributed by atoms with E-state index in [1.807, 2.05) is 57.2 Å². The van der Waals surface area contributed by atoms with Gasteiger partial charge in [-0.15, -0.1) is 0 Å². The smallest absolute Gasteiger partial charge is 0.315 e. The van der Waals surface area contributed by atoms with Gasteiger partial charge < -0.3 is 25.6 Å². The first-order valence-electron chi connectivity index (χ1n) is 11.6. The fourth-order valence-electron chi connectivity index (χ4n) is 3.61. The molecule has 3 rings (SSSR count). The summed E-state index contributed by atoms with van der Waals surface area (Å²) in [5.74, 6) is 0.969. The third-order valence-corrected chi connectivity index (χ3v) is 5.51. The minimum atomic E-state index is -0.608. The Bertz CT molecular complexity index is 893. The maximum absolute atomic E-state index is 12.8. The van der Waals surface area contributed by atoms with Crippen LogP contribution in [-0.2, 0) is 22.6 Å². The molecule has 0 aliphatic carbocycles. The van der Waals surface area contributed by atoms with Crippen LogP contribution < -0.4 is 20.9 Å². The molecule has 33 heavy (non-hydrogen) atoms. The second kappa shape index (κ2) is 12.2. The number of urea groups is 1. The molecule has 8 nitrogen and oxygen atoms in total. The van der Waals surface area contributed by atoms with Gasteiger partial charge in [0.2, 0.25) is 5.91 Å². The van der Waals surface area contributed by atoms with Crippen molar-refractivity contribution >= 4 is 17.8 Å². The van der Waals surface area contributed by atoms with Gasteiger partial charge in [0.1, 0.15) is 11.9 Å². The second-order valence-corrected chi connectivity index (χ2v) is 8.84. The standard InChI is InChI=1S/C25H35N5O3/c1-18(2)14-22(29-25(32)28-15-20-6-4-19(3)5-7-20)24(31)27-17-21-8-9-23(26-16-21)30-10-12-33-13-11-30/h4-9,16,18,22H,10-15,17H2,1-3H3,(H,27,31)(H2,28,29,32). The van der Waals surface area contributed by atoms with E-state index in [0.29, 0.717) is 32.7 Å². The number of carbonyl (C=O) groups excluding carboxylic acids is 2. The molecular formula is C25H35N5O3. The molecule has 1 atom stereocenters. The van der Waals surface area contributed by atoms with Crippen molar-refractivity contribution in [3.8, 4) is 0 Å². The van der Waals surface area contributed by atoms with Crippen molar-refractivity contribution in [2.24, 2.45) is 5.92 Å². The van der Waals surface area contributed by atoms with Crippen molar-refractivity contribution in [2.75, 3.05) is 31.2 Å². The number of carbonyl (C=O) groups is 2. The molecule has 2 aromatic rings. The lowest BCUT2D eigenvalue weighted by Crippen LogP contribution is -2.50. The number of amides is 3. The second-order valence-electron chi connectivity index (χ2n) is 8.84. The quantitative estimate of drug-likeness (QED) is 0.543. The summed E-state index contributed by atoms with van der Waals surface area (Å²) in [6, 6.07) is 10.9. The van der Waals surface area contributed by atoms with Crippen molar-refractivity contribution in [3.05, 3.63) is 59.3 Å². The van der Waals surface area contributed by atoms with E-state index in [2.05, 4.69) is 25.8 Å². The molecular weight excluding hydrogens is 418 g/mol. The molecule has 1 aliphatic rings. The number of morpholine rings is 1. The van der Waals surface area contributed by atoms with Gasteiger partial charge in [0, 0.05) is 32.4 Å². The molecule has 1 unspecified atom stereocenters. The number of pyridine rings is 1. The fraction of sp³-hybridized carbons (Fsp3) is 0.480. The first-order valence-corrected chi connectivity index (χ1v) is 11.6. The lowest BCUT2D eigenvalue weighted by molar-refractivity contribution is -0.123. The van der Waals surface area contributed by atoms with Crippen LogP contribution in [0.2, 0.25) is 0 Å². The predicted octanol–water partition coefficient (Wildman–Crippen LogP) is 2.76. The minimum Gasteiger partial charge on any atom is -0.378 e. The van der Waals surface area contributed by atoms with Crippen molar-refractivity contribution < 1.29 is 14.3 Å². The summed E-state index contributed by atoms with van der Waals surface area (Å²) in [4.78, 5) is 31.9. The molecule has 0 spiro atoms. The van der Waals surface area contributed by atoms with Crippen molar-refractivity contribution in [1.29, 1.82) is 0 Å². The Morgan fingerprint density at radius 3 is 2.30 bits per heavy atom. The number of hydrogen-bond donors (Lipinski definition) is 3. The maximum Gasteiger partial charge on any atom is 0.315 e. The van der Waals surface area contributed by atoms with Crippen molar-refractivity contribution in [2.45, 2.75) is 46.3 Å². The molecule has 1 aromatic heterocycles. The summed E-state index contributed by atoms with van der Waals surface area (Å²) in [6.07, 6.45) is 2.34. The van der Waals surface area contributed by atoms with Gasteiger partial charge in [-0.1, -0.05) is 49.7 Å². The fourth-order valence-corrected chi connectivity index (χ4v) is 3.61. The molecule has 178 valence electrons.